The van der Waals surface area contributed by atoms with E-state index in [0.717, 1.165) is 41.8 Å². The zero-order valence-corrected chi connectivity index (χ0v) is 12.7. The number of rotatable bonds is 3. The van der Waals surface area contributed by atoms with Crippen LogP contribution in [0.1, 0.15) is 12.8 Å². The lowest BCUT2D eigenvalue weighted by atomic mass is 10.0. The molecule has 0 aromatic carbocycles. The van der Waals surface area contributed by atoms with Crippen molar-refractivity contribution in [3.63, 3.8) is 0 Å². The van der Waals surface area contributed by atoms with Crippen molar-refractivity contribution in [3.05, 3.63) is 18.6 Å². The number of nitrogens with zero attached hydrogens (tertiary/aromatic N) is 5. The van der Waals surface area contributed by atoms with Crippen LogP contribution in [0.2, 0.25) is 0 Å². The van der Waals surface area contributed by atoms with Crippen molar-refractivity contribution in [2.75, 3.05) is 31.6 Å². The molecule has 4 rings (SSSR count). The average molecular weight is 296 g/mol. The second kappa shape index (κ2) is 5.25. The molecule has 2 fully saturated rings. The zero-order chi connectivity index (χ0) is 15.1. The van der Waals surface area contributed by atoms with Crippen LogP contribution < -0.4 is 4.90 Å². The minimum atomic E-state index is 0.534. The third-order valence-electron chi connectivity index (χ3n) is 5.31. The van der Waals surface area contributed by atoms with Crippen molar-refractivity contribution in [1.82, 2.24) is 19.9 Å². The second-order valence-electron chi connectivity index (χ2n) is 6.55. The van der Waals surface area contributed by atoms with Gasteiger partial charge in [0.25, 0.3) is 0 Å². The van der Waals surface area contributed by atoms with Gasteiger partial charge in [0.1, 0.15) is 17.8 Å². The molecule has 0 radical (unpaired) electrons. The molecule has 114 valence electrons. The summed E-state index contributed by atoms with van der Waals surface area (Å²) in [5, 5.41) is 9.93. The molecule has 6 heteroatoms. The Hall–Kier alpha value is -2.13. The maximum Gasteiger partial charge on any atom is 0.142 e. The molecule has 2 aromatic rings. The predicted molar refractivity (Wildman–Crippen MR) is 84.3 cm³/mol. The van der Waals surface area contributed by atoms with Crippen LogP contribution in [0, 0.1) is 23.2 Å². The van der Waals surface area contributed by atoms with Gasteiger partial charge in [-0.2, -0.15) is 5.26 Å². The van der Waals surface area contributed by atoms with Crippen molar-refractivity contribution in [2.24, 2.45) is 11.8 Å². The summed E-state index contributed by atoms with van der Waals surface area (Å²) in [5.74, 6) is 2.47. The fraction of sp³-hybridized carbons (Fsp3) is 0.562. The number of hydrogen-bond donors (Lipinski definition) is 1. The number of fused-ring (bicyclic) bond motifs is 2. The summed E-state index contributed by atoms with van der Waals surface area (Å²) in [7, 11) is 2.15. The van der Waals surface area contributed by atoms with Gasteiger partial charge in [-0.05, 0) is 30.7 Å². The van der Waals surface area contributed by atoms with E-state index in [2.05, 4.69) is 37.9 Å². The van der Waals surface area contributed by atoms with E-state index in [-0.39, 0.29) is 0 Å². The number of hydrogen-bond acceptors (Lipinski definition) is 5. The van der Waals surface area contributed by atoms with Gasteiger partial charge in [-0.15, -0.1) is 0 Å². The van der Waals surface area contributed by atoms with Gasteiger partial charge in [0.15, 0.2) is 0 Å². The van der Waals surface area contributed by atoms with Gasteiger partial charge in [-0.1, -0.05) is 0 Å². The summed E-state index contributed by atoms with van der Waals surface area (Å²) in [4.78, 5) is 16.5. The number of aromatic amines is 1. The highest BCUT2D eigenvalue weighted by molar-refractivity contribution is 5.87. The van der Waals surface area contributed by atoms with Crippen molar-refractivity contribution in [1.29, 1.82) is 5.26 Å². The number of nitriles is 1. The van der Waals surface area contributed by atoms with E-state index in [9.17, 15) is 0 Å². The lowest BCUT2D eigenvalue weighted by Gasteiger charge is -2.27. The van der Waals surface area contributed by atoms with E-state index in [1.54, 1.807) is 6.33 Å². The minimum Gasteiger partial charge on any atom is -0.356 e. The first-order chi connectivity index (χ1) is 10.8. The van der Waals surface area contributed by atoms with E-state index < -0.39 is 0 Å². The Kier molecular flexibility index (Phi) is 3.23. The van der Waals surface area contributed by atoms with E-state index >= 15 is 0 Å². The molecule has 1 aliphatic carbocycles. The van der Waals surface area contributed by atoms with Crippen LogP contribution in [0.3, 0.4) is 0 Å². The Morgan fingerprint density at radius 1 is 1.36 bits per heavy atom. The molecule has 0 bridgehead atoms. The summed E-state index contributed by atoms with van der Waals surface area (Å²) >= 11 is 0. The third kappa shape index (κ3) is 2.13. The van der Waals surface area contributed by atoms with Crippen molar-refractivity contribution in [2.45, 2.75) is 18.9 Å². The van der Waals surface area contributed by atoms with Crippen LogP contribution in [-0.2, 0) is 0 Å². The third-order valence-corrected chi connectivity index (χ3v) is 5.31. The fourth-order valence-electron chi connectivity index (χ4n) is 4.22. The van der Waals surface area contributed by atoms with Gasteiger partial charge in [-0.3, -0.25) is 4.90 Å². The van der Waals surface area contributed by atoms with Gasteiger partial charge in [-0.25, -0.2) is 9.97 Å². The molecule has 3 heterocycles. The van der Waals surface area contributed by atoms with Crippen LogP contribution in [0.15, 0.2) is 18.6 Å². The van der Waals surface area contributed by atoms with Crippen LogP contribution in [0.5, 0.6) is 0 Å². The molecule has 1 N–H and O–H groups in total. The molecular weight excluding hydrogens is 276 g/mol. The molecule has 2 unspecified atom stereocenters. The summed E-state index contributed by atoms with van der Waals surface area (Å²) in [6.07, 6.45) is 5.94. The Morgan fingerprint density at radius 2 is 2.14 bits per heavy atom. The molecule has 22 heavy (non-hydrogen) atoms. The monoisotopic (exact) mass is 296 g/mol. The average Bonchev–Trinajstić information content (AvgIpc) is 3.19. The summed E-state index contributed by atoms with van der Waals surface area (Å²) < 4.78 is 0. The predicted octanol–water partition coefficient (Wildman–Crippen LogP) is 1.63. The maximum absolute atomic E-state index is 8.84. The lowest BCUT2D eigenvalue weighted by molar-refractivity contribution is 0.340. The Labute approximate surface area is 129 Å². The molecular formula is C16H20N6. The van der Waals surface area contributed by atoms with Crippen molar-refractivity contribution in [3.8, 4) is 6.07 Å². The van der Waals surface area contributed by atoms with Crippen LogP contribution in [0.25, 0.3) is 11.0 Å². The fourth-order valence-corrected chi connectivity index (χ4v) is 4.22. The molecule has 1 aliphatic heterocycles. The summed E-state index contributed by atoms with van der Waals surface area (Å²) in [5.41, 5.74) is 0.898. The molecule has 6 nitrogen and oxygen atoms in total. The first kappa shape index (κ1) is 13.5. The van der Waals surface area contributed by atoms with Crippen molar-refractivity contribution >= 4 is 16.9 Å². The van der Waals surface area contributed by atoms with Gasteiger partial charge in [0, 0.05) is 32.4 Å². The standard InChI is InChI=1S/C16H20N6/c1-21(16-14-2-4-18-15(14)19-10-20-16)13-6-11-8-22(5-3-17)9-12(11)7-13/h2,4,10-13H,5-9H2,1H3,(H,18,19,20)/t11-,12?,13?/m0/s1. The van der Waals surface area contributed by atoms with E-state index in [0.29, 0.717) is 12.6 Å². The van der Waals surface area contributed by atoms with Gasteiger partial charge in [0.2, 0.25) is 0 Å². The number of aromatic nitrogens is 3. The van der Waals surface area contributed by atoms with Crippen molar-refractivity contribution < 1.29 is 0 Å². The Morgan fingerprint density at radius 3 is 2.86 bits per heavy atom. The quantitative estimate of drug-likeness (QED) is 0.872. The van der Waals surface area contributed by atoms with Crippen LogP contribution >= 0.6 is 0 Å². The molecule has 1 saturated heterocycles. The smallest absolute Gasteiger partial charge is 0.142 e. The molecule has 2 aliphatic rings. The second-order valence-corrected chi connectivity index (χ2v) is 6.55. The Bertz CT molecular complexity index is 703. The number of anilines is 1. The molecule has 1 saturated carbocycles. The summed E-state index contributed by atoms with van der Waals surface area (Å²) in [6, 6.07) is 4.85. The first-order valence-corrected chi connectivity index (χ1v) is 7.86. The highest BCUT2D eigenvalue weighted by Crippen LogP contribution is 2.41. The van der Waals surface area contributed by atoms with Crippen LogP contribution in [-0.4, -0.2) is 52.6 Å². The SMILES string of the molecule is CN(c1ncnc2[nH]ccc12)C1CC2CN(CC#N)C[C@@H]2C1. The zero-order valence-electron chi connectivity index (χ0n) is 12.7. The molecule has 0 amide bonds. The van der Waals surface area contributed by atoms with E-state index in [4.69, 9.17) is 5.26 Å². The van der Waals surface area contributed by atoms with Gasteiger partial charge in [0.05, 0.1) is 18.0 Å². The minimum absolute atomic E-state index is 0.534. The first-order valence-electron chi connectivity index (χ1n) is 7.86. The maximum atomic E-state index is 8.84. The summed E-state index contributed by atoms with van der Waals surface area (Å²) in [6.45, 7) is 2.72. The normalized spacial score (nSPS) is 27.9. The van der Waals surface area contributed by atoms with Crippen LogP contribution in [0.4, 0.5) is 5.82 Å². The van der Waals surface area contributed by atoms with E-state index in [1.165, 1.54) is 12.8 Å². The highest BCUT2D eigenvalue weighted by atomic mass is 15.2. The Balaban J connectivity index is 1.51. The topological polar surface area (TPSA) is 71.8 Å². The number of likely N-dealkylation sites (tertiary alicyclic amines) is 1. The lowest BCUT2D eigenvalue weighted by Crippen LogP contribution is -2.32. The van der Waals surface area contributed by atoms with Gasteiger partial charge < -0.3 is 9.88 Å². The number of nitrogens with one attached hydrogen (secondary N) is 1. The molecule has 0 spiro atoms. The highest BCUT2D eigenvalue weighted by Gasteiger charge is 2.42. The largest absolute Gasteiger partial charge is 0.356 e. The van der Waals surface area contributed by atoms with E-state index in [1.807, 2.05) is 12.3 Å². The van der Waals surface area contributed by atoms with Gasteiger partial charge >= 0.3 is 0 Å². The number of H-pyrrole nitrogens is 1. The molecule has 3 atom stereocenters. The molecule has 2 aromatic heterocycles.